The molecule has 1 aromatic heterocycles. The number of carboxylic acid groups (broad SMARTS) is 1. The van der Waals surface area contributed by atoms with Gasteiger partial charge in [-0.3, -0.25) is 9.69 Å². The predicted molar refractivity (Wildman–Crippen MR) is 67.0 cm³/mol. The van der Waals surface area contributed by atoms with Gasteiger partial charge in [-0.15, -0.1) is 0 Å². The van der Waals surface area contributed by atoms with Gasteiger partial charge in [0.25, 0.3) is 0 Å². The largest absolute Gasteiger partial charge is 0.480 e. The molecule has 0 amide bonds. The fourth-order valence-corrected chi connectivity index (χ4v) is 2.10. The molecule has 0 bridgehead atoms. The maximum Gasteiger partial charge on any atom is 0.317 e. The van der Waals surface area contributed by atoms with Crippen LogP contribution >= 0.6 is 0 Å². The van der Waals surface area contributed by atoms with Gasteiger partial charge in [0.2, 0.25) is 0 Å². The second-order valence-electron chi connectivity index (χ2n) is 4.34. The van der Waals surface area contributed by atoms with Crippen LogP contribution in [0, 0.1) is 6.92 Å². The smallest absolute Gasteiger partial charge is 0.317 e. The highest BCUT2D eigenvalue weighted by molar-refractivity contribution is 5.84. The van der Waals surface area contributed by atoms with Crippen LogP contribution in [0.25, 0.3) is 10.9 Å². The summed E-state index contributed by atoms with van der Waals surface area (Å²) in [6.07, 6.45) is 0. The number of benzene rings is 1. The van der Waals surface area contributed by atoms with Crippen molar-refractivity contribution < 1.29 is 9.90 Å². The van der Waals surface area contributed by atoms with Gasteiger partial charge in [-0.1, -0.05) is 18.2 Å². The average molecular weight is 232 g/mol. The maximum absolute atomic E-state index is 10.6. The number of hydrogen-bond donors (Lipinski definition) is 2. The van der Waals surface area contributed by atoms with E-state index in [2.05, 4.69) is 11.1 Å². The molecule has 1 aromatic carbocycles. The minimum Gasteiger partial charge on any atom is -0.480 e. The number of fused-ring (bicyclic) bond motifs is 1. The molecule has 0 saturated heterocycles. The molecule has 2 N–H and O–H groups in total. The van der Waals surface area contributed by atoms with Crippen molar-refractivity contribution in [1.29, 1.82) is 0 Å². The number of aromatic nitrogens is 1. The van der Waals surface area contributed by atoms with Gasteiger partial charge in [0.15, 0.2) is 0 Å². The summed E-state index contributed by atoms with van der Waals surface area (Å²) >= 11 is 0. The first-order valence-corrected chi connectivity index (χ1v) is 5.54. The maximum atomic E-state index is 10.6. The van der Waals surface area contributed by atoms with Crippen LogP contribution < -0.4 is 0 Å². The minimum absolute atomic E-state index is 0.0545. The van der Waals surface area contributed by atoms with E-state index in [1.165, 1.54) is 10.9 Å². The van der Waals surface area contributed by atoms with Gasteiger partial charge >= 0.3 is 5.97 Å². The fourth-order valence-electron chi connectivity index (χ4n) is 2.10. The second-order valence-corrected chi connectivity index (χ2v) is 4.34. The Morgan fingerprint density at radius 2 is 2.12 bits per heavy atom. The molecule has 1 heterocycles. The number of rotatable bonds is 4. The molecule has 0 spiro atoms. The van der Waals surface area contributed by atoms with Crippen molar-refractivity contribution in [2.45, 2.75) is 13.5 Å². The highest BCUT2D eigenvalue weighted by Crippen LogP contribution is 2.22. The van der Waals surface area contributed by atoms with Gasteiger partial charge in [0, 0.05) is 23.1 Å². The van der Waals surface area contributed by atoms with Crippen LogP contribution in [-0.4, -0.2) is 34.6 Å². The van der Waals surface area contributed by atoms with E-state index in [1.807, 2.05) is 32.2 Å². The van der Waals surface area contributed by atoms with Gasteiger partial charge in [0.05, 0.1) is 6.54 Å². The zero-order chi connectivity index (χ0) is 12.4. The summed E-state index contributed by atoms with van der Waals surface area (Å²) in [5, 5.41) is 9.91. The van der Waals surface area contributed by atoms with Crippen LogP contribution in [0.5, 0.6) is 0 Å². The molecule has 0 fully saturated rings. The highest BCUT2D eigenvalue weighted by Gasteiger charge is 2.11. The molecule has 0 aliphatic rings. The van der Waals surface area contributed by atoms with E-state index in [0.29, 0.717) is 6.54 Å². The Bertz CT molecular complexity index is 545. The normalized spacial score (nSPS) is 11.2. The summed E-state index contributed by atoms with van der Waals surface area (Å²) in [5.41, 5.74) is 3.37. The Morgan fingerprint density at radius 3 is 2.82 bits per heavy atom. The lowest BCUT2D eigenvalue weighted by Crippen LogP contribution is -2.25. The van der Waals surface area contributed by atoms with Crippen molar-refractivity contribution in [3.8, 4) is 0 Å². The van der Waals surface area contributed by atoms with E-state index < -0.39 is 5.97 Å². The molecular formula is C13H16N2O2. The molecule has 2 aromatic rings. The van der Waals surface area contributed by atoms with Crippen molar-refractivity contribution in [2.24, 2.45) is 0 Å². The number of carbonyl (C=O) groups is 1. The number of carboxylic acids is 1. The van der Waals surface area contributed by atoms with Crippen molar-refractivity contribution in [3.63, 3.8) is 0 Å². The third kappa shape index (κ3) is 2.47. The van der Waals surface area contributed by atoms with Crippen LogP contribution in [0.15, 0.2) is 24.3 Å². The van der Waals surface area contributed by atoms with Gasteiger partial charge < -0.3 is 10.1 Å². The average Bonchev–Trinajstić information content (AvgIpc) is 2.55. The van der Waals surface area contributed by atoms with Crippen molar-refractivity contribution >= 4 is 16.9 Å². The van der Waals surface area contributed by atoms with E-state index in [0.717, 1.165) is 11.2 Å². The highest BCUT2D eigenvalue weighted by atomic mass is 16.4. The predicted octanol–water partition coefficient (Wildman–Crippen LogP) is 1.99. The molecule has 0 saturated carbocycles. The van der Waals surface area contributed by atoms with Crippen LogP contribution in [0.2, 0.25) is 0 Å². The van der Waals surface area contributed by atoms with Crippen LogP contribution in [-0.2, 0) is 11.3 Å². The van der Waals surface area contributed by atoms with E-state index in [1.54, 1.807) is 4.90 Å². The van der Waals surface area contributed by atoms with E-state index >= 15 is 0 Å². The molecule has 4 heteroatoms. The topological polar surface area (TPSA) is 56.3 Å². The molecular weight excluding hydrogens is 216 g/mol. The summed E-state index contributed by atoms with van der Waals surface area (Å²) in [4.78, 5) is 15.7. The number of H-pyrrole nitrogens is 1. The lowest BCUT2D eigenvalue weighted by atomic mass is 10.1. The first-order valence-electron chi connectivity index (χ1n) is 5.54. The number of aliphatic carboxylic acids is 1. The molecule has 0 radical (unpaired) electrons. The zero-order valence-corrected chi connectivity index (χ0v) is 10.0. The van der Waals surface area contributed by atoms with Crippen molar-refractivity contribution in [3.05, 3.63) is 35.5 Å². The first-order chi connectivity index (χ1) is 8.08. The van der Waals surface area contributed by atoms with Crippen LogP contribution in [0.4, 0.5) is 0 Å². The lowest BCUT2D eigenvalue weighted by Gasteiger charge is -2.14. The minimum atomic E-state index is -0.801. The number of aromatic amines is 1. The number of likely N-dealkylation sites (N-methyl/N-ethyl adjacent to an activating group) is 1. The number of para-hydroxylation sites is 1. The number of nitrogens with one attached hydrogen (secondary N) is 1. The molecule has 0 aliphatic carbocycles. The van der Waals surface area contributed by atoms with Crippen LogP contribution in [0.1, 0.15) is 11.3 Å². The number of nitrogens with zero attached hydrogens (tertiary/aromatic N) is 1. The molecule has 0 atom stereocenters. The quantitative estimate of drug-likeness (QED) is 0.847. The third-order valence-electron chi connectivity index (χ3n) is 2.86. The summed E-state index contributed by atoms with van der Waals surface area (Å²) in [5.74, 6) is -0.801. The van der Waals surface area contributed by atoms with Gasteiger partial charge in [0.1, 0.15) is 0 Å². The monoisotopic (exact) mass is 232 g/mol. The fraction of sp³-hybridized carbons (Fsp3) is 0.308. The summed E-state index contributed by atoms with van der Waals surface area (Å²) < 4.78 is 0. The lowest BCUT2D eigenvalue weighted by molar-refractivity contribution is -0.138. The molecule has 4 nitrogen and oxygen atoms in total. The van der Waals surface area contributed by atoms with Crippen molar-refractivity contribution in [1.82, 2.24) is 9.88 Å². The summed E-state index contributed by atoms with van der Waals surface area (Å²) in [6.45, 7) is 2.71. The standard InChI is InChI=1S/C13H16N2O2/c1-9-11(7-15(2)8-13(16)17)10-5-3-4-6-12(10)14-9/h3-6,14H,7-8H2,1-2H3,(H,16,17). The zero-order valence-electron chi connectivity index (χ0n) is 10.0. The molecule has 0 unspecified atom stereocenters. The van der Waals surface area contributed by atoms with E-state index in [-0.39, 0.29) is 6.54 Å². The summed E-state index contributed by atoms with van der Waals surface area (Å²) in [7, 11) is 1.81. The summed E-state index contributed by atoms with van der Waals surface area (Å²) in [6, 6.07) is 8.07. The van der Waals surface area contributed by atoms with E-state index in [4.69, 9.17) is 5.11 Å². The molecule has 0 aliphatic heterocycles. The third-order valence-corrected chi connectivity index (χ3v) is 2.86. The SMILES string of the molecule is Cc1[nH]c2ccccc2c1CN(C)CC(=O)O. The number of hydrogen-bond acceptors (Lipinski definition) is 2. The van der Waals surface area contributed by atoms with Gasteiger partial charge in [-0.2, -0.15) is 0 Å². The number of aryl methyl sites for hydroxylation is 1. The molecule has 17 heavy (non-hydrogen) atoms. The van der Waals surface area contributed by atoms with E-state index in [9.17, 15) is 4.79 Å². The Hall–Kier alpha value is -1.81. The van der Waals surface area contributed by atoms with Gasteiger partial charge in [-0.25, -0.2) is 0 Å². The molecule has 90 valence electrons. The Labute approximate surface area is 99.9 Å². The Kier molecular flexibility index (Phi) is 3.15. The Morgan fingerprint density at radius 1 is 1.41 bits per heavy atom. The Balaban J connectivity index is 2.29. The van der Waals surface area contributed by atoms with Crippen molar-refractivity contribution in [2.75, 3.05) is 13.6 Å². The van der Waals surface area contributed by atoms with Gasteiger partial charge in [-0.05, 0) is 25.6 Å². The first kappa shape index (κ1) is 11.7. The molecule has 2 rings (SSSR count). The van der Waals surface area contributed by atoms with Crippen LogP contribution in [0.3, 0.4) is 0 Å². The second kappa shape index (κ2) is 4.59.